The lowest BCUT2D eigenvalue weighted by atomic mass is 10.2. The van der Waals surface area contributed by atoms with Gasteiger partial charge in [-0.2, -0.15) is 0 Å². The molecule has 0 unspecified atom stereocenters. The van der Waals surface area contributed by atoms with Crippen LogP contribution in [-0.2, 0) is 20.9 Å². The average Bonchev–Trinajstić information content (AvgIpc) is 2.73. The van der Waals surface area contributed by atoms with Crippen LogP contribution in [0.3, 0.4) is 0 Å². The van der Waals surface area contributed by atoms with Crippen LogP contribution in [0.4, 0.5) is 10.1 Å². The molecule has 6 nitrogen and oxygen atoms in total. The van der Waals surface area contributed by atoms with Gasteiger partial charge >= 0.3 is 5.97 Å². The van der Waals surface area contributed by atoms with E-state index in [4.69, 9.17) is 9.47 Å². The van der Waals surface area contributed by atoms with E-state index < -0.39 is 11.8 Å². The molecule has 0 aliphatic carbocycles. The smallest absolute Gasteiger partial charge is 0.330 e. The fourth-order valence-electron chi connectivity index (χ4n) is 2.78. The number of anilines is 1. The summed E-state index contributed by atoms with van der Waals surface area (Å²) < 4.78 is 23.6. The van der Waals surface area contributed by atoms with Crippen LogP contribution in [0.5, 0.6) is 5.75 Å². The monoisotopic (exact) mass is 414 g/mol. The molecule has 0 aliphatic rings. The quantitative estimate of drug-likeness (QED) is 0.472. The molecule has 0 aliphatic heterocycles. The lowest BCUT2D eigenvalue weighted by Crippen LogP contribution is -2.32. The lowest BCUT2D eigenvalue weighted by molar-refractivity contribution is -0.137. The Labute approximate surface area is 176 Å². The van der Waals surface area contributed by atoms with Gasteiger partial charge in [0.15, 0.2) is 11.6 Å². The molecule has 0 fully saturated rings. The van der Waals surface area contributed by atoms with Gasteiger partial charge in [0.25, 0.3) is 0 Å². The van der Waals surface area contributed by atoms with E-state index in [-0.39, 0.29) is 18.2 Å². The van der Waals surface area contributed by atoms with Gasteiger partial charge in [-0.15, -0.1) is 0 Å². The Hall–Kier alpha value is -3.19. The highest BCUT2D eigenvalue weighted by Crippen LogP contribution is 2.19. The third kappa shape index (κ3) is 7.33. The molecule has 0 heterocycles. The maximum atomic E-state index is 13.9. The van der Waals surface area contributed by atoms with Crippen LogP contribution in [0.2, 0.25) is 0 Å². The molecule has 0 radical (unpaired) electrons. The largest absolute Gasteiger partial charge is 0.494 e. The van der Waals surface area contributed by atoms with E-state index in [0.717, 1.165) is 11.1 Å². The number of nitrogens with one attached hydrogen (secondary N) is 1. The molecule has 0 bridgehead atoms. The van der Waals surface area contributed by atoms with Crippen molar-refractivity contribution in [2.75, 3.05) is 32.1 Å². The first-order valence-corrected chi connectivity index (χ1v) is 9.74. The first kappa shape index (κ1) is 23.1. The summed E-state index contributed by atoms with van der Waals surface area (Å²) in [6.07, 6.45) is 3.01. The minimum absolute atomic E-state index is 0.166. The Morgan fingerprint density at radius 2 is 1.87 bits per heavy atom. The van der Waals surface area contributed by atoms with Crippen LogP contribution in [0.15, 0.2) is 48.5 Å². The highest BCUT2D eigenvalue weighted by molar-refractivity contribution is 5.92. The summed E-state index contributed by atoms with van der Waals surface area (Å²) in [5.74, 6) is -0.792. The van der Waals surface area contributed by atoms with Crippen molar-refractivity contribution >= 4 is 23.6 Å². The second-order valence-corrected chi connectivity index (χ2v) is 6.53. The number of nitrogens with zero attached hydrogens (tertiary/aromatic N) is 1. The summed E-state index contributed by atoms with van der Waals surface area (Å²) in [6.45, 7) is 5.28. The predicted octanol–water partition coefficient (Wildman–Crippen LogP) is 3.87. The van der Waals surface area contributed by atoms with Crippen LogP contribution in [0.1, 0.15) is 25.0 Å². The van der Waals surface area contributed by atoms with Crippen LogP contribution < -0.4 is 10.1 Å². The van der Waals surface area contributed by atoms with Gasteiger partial charge in [-0.1, -0.05) is 25.1 Å². The molecule has 0 saturated carbocycles. The summed E-state index contributed by atoms with van der Waals surface area (Å²) in [5, 5.41) is 2.84. The summed E-state index contributed by atoms with van der Waals surface area (Å²) in [6, 6.07) is 11.9. The van der Waals surface area contributed by atoms with Gasteiger partial charge in [0.1, 0.15) is 0 Å². The average molecular weight is 414 g/mol. The highest BCUT2D eigenvalue weighted by Gasteiger charge is 2.12. The number of esters is 1. The van der Waals surface area contributed by atoms with Gasteiger partial charge < -0.3 is 14.8 Å². The molecule has 2 aromatic rings. The summed E-state index contributed by atoms with van der Waals surface area (Å²) >= 11 is 0. The SMILES string of the molecule is CCOC(=O)/C=C/c1ccc(NC(=O)CN(CC)Cc2ccc(OC)c(F)c2)cc1. The van der Waals surface area contributed by atoms with Gasteiger partial charge in [-0.3, -0.25) is 9.69 Å². The topological polar surface area (TPSA) is 67.9 Å². The first-order valence-electron chi connectivity index (χ1n) is 9.74. The predicted molar refractivity (Wildman–Crippen MR) is 115 cm³/mol. The van der Waals surface area contributed by atoms with Crippen molar-refractivity contribution < 1.29 is 23.5 Å². The number of amides is 1. The minimum atomic E-state index is -0.424. The molecule has 0 atom stereocenters. The lowest BCUT2D eigenvalue weighted by Gasteiger charge is -2.20. The Morgan fingerprint density at radius 3 is 2.47 bits per heavy atom. The van der Waals surface area contributed by atoms with Gasteiger partial charge in [-0.05, 0) is 54.9 Å². The van der Waals surface area contributed by atoms with E-state index in [0.29, 0.717) is 25.4 Å². The van der Waals surface area contributed by atoms with E-state index in [2.05, 4.69) is 5.32 Å². The second-order valence-electron chi connectivity index (χ2n) is 6.53. The Morgan fingerprint density at radius 1 is 1.13 bits per heavy atom. The standard InChI is InChI=1S/C23H27FN2O4/c1-4-26(15-18-8-12-21(29-3)20(24)14-18)16-22(27)25-19-10-6-17(7-11-19)9-13-23(28)30-5-2/h6-14H,4-5,15-16H2,1-3H3,(H,25,27)/b13-9+. The zero-order valence-electron chi connectivity index (χ0n) is 17.5. The second kappa shape index (κ2) is 11.7. The number of benzene rings is 2. The summed E-state index contributed by atoms with van der Waals surface area (Å²) in [7, 11) is 1.42. The van der Waals surface area contributed by atoms with Gasteiger partial charge in [0.05, 0.1) is 20.3 Å². The zero-order chi connectivity index (χ0) is 21.9. The third-order valence-corrected chi connectivity index (χ3v) is 4.33. The molecule has 0 saturated heterocycles. The van der Waals surface area contributed by atoms with E-state index in [9.17, 15) is 14.0 Å². The molecule has 7 heteroatoms. The van der Waals surface area contributed by atoms with Crippen LogP contribution in [-0.4, -0.2) is 43.6 Å². The van der Waals surface area contributed by atoms with Gasteiger partial charge in [0.2, 0.25) is 5.91 Å². The molecule has 0 aromatic heterocycles. The molecule has 1 N–H and O–H groups in total. The molecule has 2 aromatic carbocycles. The van der Waals surface area contributed by atoms with Crippen molar-refractivity contribution in [2.24, 2.45) is 0 Å². The van der Waals surface area contributed by atoms with Crippen LogP contribution in [0, 0.1) is 5.82 Å². The van der Waals surface area contributed by atoms with E-state index in [1.165, 1.54) is 19.3 Å². The zero-order valence-corrected chi connectivity index (χ0v) is 17.5. The maximum absolute atomic E-state index is 13.9. The number of methoxy groups -OCH3 is 1. The molecule has 160 valence electrons. The van der Waals surface area contributed by atoms with Crippen molar-refractivity contribution in [3.63, 3.8) is 0 Å². The van der Waals surface area contributed by atoms with Crippen molar-refractivity contribution in [3.8, 4) is 5.75 Å². The Balaban J connectivity index is 1.90. The Kier molecular flexibility index (Phi) is 9.03. The van der Waals surface area contributed by atoms with Crippen molar-refractivity contribution in [3.05, 3.63) is 65.5 Å². The normalized spacial score (nSPS) is 11.0. The third-order valence-electron chi connectivity index (χ3n) is 4.33. The molecule has 30 heavy (non-hydrogen) atoms. The Bertz CT molecular complexity index is 881. The molecule has 1 amide bonds. The fourth-order valence-corrected chi connectivity index (χ4v) is 2.78. The van der Waals surface area contributed by atoms with E-state index in [1.54, 1.807) is 49.4 Å². The number of ether oxygens (including phenoxy) is 2. The number of hydrogen-bond donors (Lipinski definition) is 1. The van der Waals surface area contributed by atoms with Gasteiger partial charge in [0, 0.05) is 18.3 Å². The van der Waals surface area contributed by atoms with E-state index in [1.807, 2.05) is 11.8 Å². The van der Waals surface area contributed by atoms with Crippen molar-refractivity contribution in [2.45, 2.75) is 20.4 Å². The number of halogens is 1. The van der Waals surface area contributed by atoms with E-state index >= 15 is 0 Å². The molecule has 0 spiro atoms. The van der Waals surface area contributed by atoms with Crippen LogP contribution >= 0.6 is 0 Å². The summed E-state index contributed by atoms with van der Waals surface area (Å²) in [4.78, 5) is 25.6. The molecular formula is C23H27FN2O4. The molecular weight excluding hydrogens is 387 g/mol. The fraction of sp³-hybridized carbons (Fsp3) is 0.304. The minimum Gasteiger partial charge on any atom is -0.494 e. The number of carbonyl (C=O) groups is 2. The van der Waals surface area contributed by atoms with Crippen molar-refractivity contribution in [1.29, 1.82) is 0 Å². The van der Waals surface area contributed by atoms with Gasteiger partial charge in [-0.25, -0.2) is 9.18 Å². The number of carbonyl (C=O) groups excluding carboxylic acids is 2. The first-order chi connectivity index (χ1) is 14.4. The number of hydrogen-bond acceptors (Lipinski definition) is 5. The number of likely N-dealkylation sites (N-methyl/N-ethyl adjacent to an activating group) is 1. The highest BCUT2D eigenvalue weighted by atomic mass is 19.1. The van der Waals surface area contributed by atoms with Crippen molar-refractivity contribution in [1.82, 2.24) is 4.90 Å². The van der Waals surface area contributed by atoms with Crippen LogP contribution in [0.25, 0.3) is 6.08 Å². The number of rotatable bonds is 10. The maximum Gasteiger partial charge on any atom is 0.330 e. The molecule has 2 rings (SSSR count). The summed E-state index contributed by atoms with van der Waals surface area (Å²) in [5.41, 5.74) is 2.23.